The van der Waals surface area contributed by atoms with E-state index in [-0.39, 0.29) is 0 Å². The molecule has 3 aromatic carbocycles. The lowest BCUT2D eigenvalue weighted by molar-refractivity contribution is 0.284. The van der Waals surface area contributed by atoms with E-state index in [4.69, 9.17) is 32.7 Å². The third kappa shape index (κ3) is 5.06. The molecule has 28 heavy (non-hydrogen) atoms. The smallest absolute Gasteiger partial charge is 0.180 e. The van der Waals surface area contributed by atoms with Gasteiger partial charge in [0.1, 0.15) is 6.61 Å². The van der Waals surface area contributed by atoms with Crippen LogP contribution in [0.2, 0.25) is 10.0 Å². The summed E-state index contributed by atoms with van der Waals surface area (Å²) in [4.78, 5) is 4.59. The quantitative estimate of drug-likeness (QED) is 0.409. The molecule has 144 valence electrons. The number of hydrogen-bond donors (Lipinski definition) is 0. The van der Waals surface area contributed by atoms with E-state index in [0.29, 0.717) is 28.2 Å². The number of aliphatic imine (C=N–C) groups is 1. The fourth-order valence-corrected chi connectivity index (χ4v) is 3.09. The lowest BCUT2D eigenvalue weighted by Gasteiger charge is -2.13. The van der Waals surface area contributed by atoms with E-state index < -0.39 is 0 Å². The number of rotatable bonds is 6. The normalized spacial score (nSPS) is 11.0. The summed E-state index contributed by atoms with van der Waals surface area (Å²) in [7, 11) is 1.59. The van der Waals surface area contributed by atoms with Crippen molar-refractivity contribution in [2.24, 2.45) is 4.99 Å². The van der Waals surface area contributed by atoms with Crippen LogP contribution in [0.4, 0.5) is 5.69 Å². The lowest BCUT2D eigenvalue weighted by atomic mass is 10.1. The average Bonchev–Trinajstić information content (AvgIpc) is 2.68. The molecule has 0 amide bonds. The van der Waals surface area contributed by atoms with Crippen molar-refractivity contribution in [2.75, 3.05) is 7.11 Å². The molecule has 0 aliphatic heterocycles. The molecular formula is C23H21Cl2NO2. The summed E-state index contributed by atoms with van der Waals surface area (Å²) in [6.07, 6.45) is 1.78. The number of nitrogens with zero attached hydrogens (tertiary/aromatic N) is 1. The monoisotopic (exact) mass is 413 g/mol. The molecule has 0 spiro atoms. The summed E-state index contributed by atoms with van der Waals surface area (Å²) < 4.78 is 11.4. The summed E-state index contributed by atoms with van der Waals surface area (Å²) >= 11 is 12.4. The summed E-state index contributed by atoms with van der Waals surface area (Å²) in [6, 6.07) is 17.3. The summed E-state index contributed by atoms with van der Waals surface area (Å²) in [6.45, 7) is 4.45. The zero-order valence-corrected chi connectivity index (χ0v) is 17.5. The highest BCUT2D eigenvalue weighted by molar-refractivity contribution is 6.32. The Hall–Kier alpha value is -2.49. The molecule has 0 saturated heterocycles. The van der Waals surface area contributed by atoms with Crippen molar-refractivity contribution >= 4 is 35.1 Å². The van der Waals surface area contributed by atoms with Gasteiger partial charge in [-0.3, -0.25) is 4.99 Å². The fraction of sp³-hybridized carbons (Fsp3) is 0.174. The molecule has 0 atom stereocenters. The van der Waals surface area contributed by atoms with Crippen molar-refractivity contribution in [2.45, 2.75) is 20.5 Å². The first-order valence-corrected chi connectivity index (χ1v) is 9.58. The van der Waals surface area contributed by atoms with E-state index in [1.54, 1.807) is 13.3 Å². The number of aryl methyl sites for hydroxylation is 2. The Morgan fingerprint density at radius 3 is 2.43 bits per heavy atom. The topological polar surface area (TPSA) is 30.8 Å². The predicted octanol–water partition coefficient (Wildman–Crippen LogP) is 6.95. The van der Waals surface area contributed by atoms with Gasteiger partial charge in [-0.05, 0) is 66.4 Å². The number of benzene rings is 3. The molecule has 3 nitrogen and oxygen atoms in total. The van der Waals surface area contributed by atoms with E-state index in [9.17, 15) is 0 Å². The SMILES string of the molecule is COc1cc(C=Nc2cc(C)ccc2C)cc(Cl)c1OCc1ccc(Cl)cc1. The minimum atomic E-state index is 0.364. The van der Waals surface area contributed by atoms with E-state index >= 15 is 0 Å². The van der Waals surface area contributed by atoms with Crippen LogP contribution in [0.1, 0.15) is 22.3 Å². The Morgan fingerprint density at radius 1 is 0.964 bits per heavy atom. The molecule has 3 aromatic rings. The molecule has 0 unspecified atom stereocenters. The first-order chi connectivity index (χ1) is 13.5. The molecule has 0 aliphatic carbocycles. The molecule has 0 heterocycles. The van der Waals surface area contributed by atoms with Gasteiger partial charge in [-0.1, -0.05) is 47.5 Å². The van der Waals surface area contributed by atoms with Crippen LogP contribution in [0, 0.1) is 13.8 Å². The minimum absolute atomic E-state index is 0.364. The van der Waals surface area contributed by atoms with Crippen molar-refractivity contribution in [3.63, 3.8) is 0 Å². The zero-order chi connectivity index (χ0) is 20.1. The maximum Gasteiger partial charge on any atom is 0.180 e. The molecule has 0 bridgehead atoms. The van der Waals surface area contributed by atoms with Crippen LogP contribution in [-0.4, -0.2) is 13.3 Å². The Bertz CT molecular complexity index is 998. The van der Waals surface area contributed by atoms with Crippen LogP contribution >= 0.6 is 23.2 Å². The van der Waals surface area contributed by atoms with Crippen molar-refractivity contribution in [1.29, 1.82) is 0 Å². The van der Waals surface area contributed by atoms with Crippen molar-refractivity contribution < 1.29 is 9.47 Å². The van der Waals surface area contributed by atoms with E-state index in [1.807, 2.05) is 56.3 Å². The Kier molecular flexibility index (Phi) is 6.61. The lowest BCUT2D eigenvalue weighted by Crippen LogP contribution is -1.99. The summed E-state index contributed by atoms with van der Waals surface area (Å²) in [5.41, 5.74) is 5.03. The van der Waals surface area contributed by atoms with Gasteiger partial charge in [0.15, 0.2) is 11.5 Å². The van der Waals surface area contributed by atoms with Crippen LogP contribution in [-0.2, 0) is 6.61 Å². The van der Waals surface area contributed by atoms with E-state index in [1.165, 1.54) is 5.56 Å². The third-order valence-electron chi connectivity index (χ3n) is 4.27. The van der Waals surface area contributed by atoms with Crippen LogP contribution < -0.4 is 9.47 Å². The first-order valence-electron chi connectivity index (χ1n) is 8.82. The zero-order valence-electron chi connectivity index (χ0n) is 16.0. The van der Waals surface area contributed by atoms with Gasteiger partial charge in [0.05, 0.1) is 17.8 Å². The fourth-order valence-electron chi connectivity index (χ4n) is 2.69. The maximum atomic E-state index is 6.46. The van der Waals surface area contributed by atoms with Crippen LogP contribution in [0.5, 0.6) is 11.5 Å². The van der Waals surface area contributed by atoms with Crippen LogP contribution in [0.3, 0.4) is 0 Å². The molecule has 3 rings (SSSR count). The van der Waals surface area contributed by atoms with Crippen LogP contribution in [0.15, 0.2) is 59.6 Å². The van der Waals surface area contributed by atoms with Gasteiger partial charge >= 0.3 is 0 Å². The first kappa shape index (κ1) is 20.2. The molecule has 0 radical (unpaired) electrons. The molecule has 0 aliphatic rings. The highest BCUT2D eigenvalue weighted by atomic mass is 35.5. The minimum Gasteiger partial charge on any atom is -0.493 e. The average molecular weight is 414 g/mol. The van der Waals surface area contributed by atoms with Crippen molar-refractivity contribution in [3.05, 3.63) is 86.9 Å². The Labute approximate surface area is 175 Å². The van der Waals surface area contributed by atoms with Gasteiger partial charge in [-0.15, -0.1) is 0 Å². The summed E-state index contributed by atoms with van der Waals surface area (Å²) in [5, 5.41) is 1.16. The number of halogens is 2. The highest BCUT2D eigenvalue weighted by Gasteiger charge is 2.12. The Balaban J connectivity index is 1.81. The molecule has 5 heteroatoms. The second kappa shape index (κ2) is 9.13. The molecule has 0 aromatic heterocycles. The molecular weight excluding hydrogens is 393 g/mol. The third-order valence-corrected chi connectivity index (χ3v) is 4.80. The maximum absolute atomic E-state index is 6.46. The van der Waals surface area contributed by atoms with Crippen LogP contribution in [0.25, 0.3) is 0 Å². The van der Waals surface area contributed by atoms with Gasteiger partial charge in [0.25, 0.3) is 0 Å². The van der Waals surface area contributed by atoms with Gasteiger partial charge in [-0.2, -0.15) is 0 Å². The number of methoxy groups -OCH3 is 1. The number of ether oxygens (including phenoxy) is 2. The predicted molar refractivity (Wildman–Crippen MR) is 117 cm³/mol. The Morgan fingerprint density at radius 2 is 1.71 bits per heavy atom. The molecule has 0 saturated carbocycles. The standard InChI is InChI=1S/C23H21Cl2NO2/c1-15-4-5-16(2)21(10-15)26-13-18-11-20(25)23(22(12-18)27-3)28-14-17-6-8-19(24)9-7-17/h4-13H,14H2,1-3H3. The van der Waals surface area contributed by atoms with Crippen molar-refractivity contribution in [1.82, 2.24) is 0 Å². The highest BCUT2D eigenvalue weighted by Crippen LogP contribution is 2.37. The number of hydrogen-bond acceptors (Lipinski definition) is 3. The second-order valence-electron chi connectivity index (χ2n) is 6.50. The molecule has 0 fully saturated rings. The second-order valence-corrected chi connectivity index (χ2v) is 7.34. The summed E-state index contributed by atoms with van der Waals surface area (Å²) in [5.74, 6) is 1.06. The van der Waals surface area contributed by atoms with E-state index in [0.717, 1.165) is 22.4 Å². The van der Waals surface area contributed by atoms with Gasteiger partial charge in [-0.25, -0.2) is 0 Å². The van der Waals surface area contributed by atoms with E-state index in [2.05, 4.69) is 17.1 Å². The van der Waals surface area contributed by atoms with Crippen molar-refractivity contribution in [3.8, 4) is 11.5 Å². The molecule has 0 N–H and O–H groups in total. The van der Waals surface area contributed by atoms with Gasteiger partial charge < -0.3 is 9.47 Å². The largest absolute Gasteiger partial charge is 0.493 e. The van der Waals surface area contributed by atoms with Gasteiger partial charge in [0, 0.05) is 11.2 Å². The van der Waals surface area contributed by atoms with Gasteiger partial charge in [0.2, 0.25) is 0 Å².